The average molecular weight is 279 g/mol. The van der Waals surface area contributed by atoms with Crippen molar-refractivity contribution in [3.63, 3.8) is 0 Å². The largest absolute Gasteiger partial charge is 0.328 e. The molecule has 0 bridgehead atoms. The molecule has 0 aliphatic heterocycles. The molecule has 5 heteroatoms. The molecule has 0 amide bonds. The van der Waals surface area contributed by atoms with Crippen LogP contribution < -0.4 is 5.73 Å². The molecular formula is C16H17N5. The highest BCUT2D eigenvalue weighted by Crippen LogP contribution is 2.20. The van der Waals surface area contributed by atoms with E-state index in [1.165, 1.54) is 0 Å². The summed E-state index contributed by atoms with van der Waals surface area (Å²) in [5.74, 6) is 0.707. The van der Waals surface area contributed by atoms with E-state index >= 15 is 0 Å². The molecule has 5 nitrogen and oxygen atoms in total. The van der Waals surface area contributed by atoms with Gasteiger partial charge in [0, 0.05) is 41.8 Å². The number of rotatable bonds is 3. The van der Waals surface area contributed by atoms with Crippen LogP contribution in [0, 0.1) is 6.92 Å². The highest BCUT2D eigenvalue weighted by molar-refractivity contribution is 5.79. The maximum Gasteiger partial charge on any atom is 0.159 e. The molecule has 0 radical (unpaired) electrons. The molecule has 3 rings (SSSR count). The van der Waals surface area contributed by atoms with Crippen molar-refractivity contribution in [3.8, 4) is 11.4 Å². The van der Waals surface area contributed by atoms with Crippen LogP contribution >= 0.6 is 0 Å². The van der Waals surface area contributed by atoms with Gasteiger partial charge in [-0.15, -0.1) is 0 Å². The van der Waals surface area contributed by atoms with Crippen molar-refractivity contribution in [1.29, 1.82) is 0 Å². The SMILES string of the molecule is Cc1cc(CC(C)N)nc(-c2ccc3nccnc3c2)n1. The number of hydrogen-bond donors (Lipinski definition) is 1. The Kier molecular flexibility index (Phi) is 3.58. The van der Waals surface area contributed by atoms with E-state index in [-0.39, 0.29) is 6.04 Å². The van der Waals surface area contributed by atoms with E-state index in [0.717, 1.165) is 34.4 Å². The second-order valence-corrected chi connectivity index (χ2v) is 5.27. The predicted octanol–water partition coefficient (Wildman–Crippen LogP) is 2.28. The van der Waals surface area contributed by atoms with Crippen molar-refractivity contribution in [2.75, 3.05) is 0 Å². The monoisotopic (exact) mass is 279 g/mol. The number of nitrogens with zero attached hydrogens (tertiary/aromatic N) is 4. The minimum atomic E-state index is 0.0784. The molecule has 2 heterocycles. The second kappa shape index (κ2) is 5.54. The molecule has 0 fully saturated rings. The molecule has 1 unspecified atom stereocenters. The Labute approximate surface area is 123 Å². The van der Waals surface area contributed by atoms with E-state index in [9.17, 15) is 0 Å². The van der Waals surface area contributed by atoms with Gasteiger partial charge >= 0.3 is 0 Å². The zero-order valence-corrected chi connectivity index (χ0v) is 12.1. The Morgan fingerprint density at radius 3 is 2.57 bits per heavy atom. The molecule has 0 spiro atoms. The first kappa shape index (κ1) is 13.6. The molecule has 0 saturated heterocycles. The highest BCUT2D eigenvalue weighted by Gasteiger charge is 2.08. The van der Waals surface area contributed by atoms with Gasteiger partial charge < -0.3 is 5.73 Å². The Morgan fingerprint density at radius 1 is 1.05 bits per heavy atom. The van der Waals surface area contributed by atoms with E-state index in [0.29, 0.717) is 5.82 Å². The lowest BCUT2D eigenvalue weighted by Crippen LogP contribution is -2.19. The van der Waals surface area contributed by atoms with Crippen molar-refractivity contribution in [3.05, 3.63) is 48.0 Å². The second-order valence-electron chi connectivity index (χ2n) is 5.27. The van der Waals surface area contributed by atoms with E-state index in [1.807, 2.05) is 38.1 Å². The van der Waals surface area contributed by atoms with Crippen LogP contribution in [0.1, 0.15) is 18.3 Å². The molecule has 0 aliphatic rings. The summed E-state index contributed by atoms with van der Waals surface area (Å²) in [6.07, 6.45) is 4.11. The van der Waals surface area contributed by atoms with Gasteiger partial charge in [0.2, 0.25) is 0 Å². The molecule has 106 valence electrons. The summed E-state index contributed by atoms with van der Waals surface area (Å²) in [7, 11) is 0. The van der Waals surface area contributed by atoms with E-state index in [1.54, 1.807) is 12.4 Å². The lowest BCUT2D eigenvalue weighted by atomic mass is 10.1. The molecule has 1 aromatic carbocycles. The summed E-state index contributed by atoms with van der Waals surface area (Å²) >= 11 is 0. The van der Waals surface area contributed by atoms with Gasteiger partial charge in [-0.25, -0.2) is 9.97 Å². The summed E-state index contributed by atoms with van der Waals surface area (Å²) in [5, 5.41) is 0. The van der Waals surface area contributed by atoms with Crippen LogP contribution in [0.15, 0.2) is 36.7 Å². The van der Waals surface area contributed by atoms with Gasteiger partial charge in [0.1, 0.15) is 0 Å². The van der Waals surface area contributed by atoms with Crippen LogP contribution in [0.4, 0.5) is 0 Å². The van der Waals surface area contributed by atoms with Crippen molar-refractivity contribution in [1.82, 2.24) is 19.9 Å². The van der Waals surface area contributed by atoms with Crippen LogP contribution in [-0.4, -0.2) is 26.0 Å². The fourth-order valence-electron chi connectivity index (χ4n) is 2.30. The van der Waals surface area contributed by atoms with Crippen LogP contribution in [0.3, 0.4) is 0 Å². The molecule has 2 N–H and O–H groups in total. The smallest absolute Gasteiger partial charge is 0.159 e. The summed E-state index contributed by atoms with van der Waals surface area (Å²) in [5.41, 5.74) is 10.4. The summed E-state index contributed by atoms with van der Waals surface area (Å²) in [6.45, 7) is 3.94. The molecule has 21 heavy (non-hydrogen) atoms. The third kappa shape index (κ3) is 3.03. The van der Waals surface area contributed by atoms with Crippen molar-refractivity contribution in [2.45, 2.75) is 26.3 Å². The Morgan fingerprint density at radius 2 is 1.81 bits per heavy atom. The third-order valence-electron chi connectivity index (χ3n) is 3.17. The molecule has 0 aliphatic carbocycles. The number of aryl methyl sites for hydroxylation is 1. The summed E-state index contributed by atoms with van der Waals surface area (Å²) in [4.78, 5) is 17.7. The average Bonchev–Trinajstić information content (AvgIpc) is 2.45. The number of benzene rings is 1. The number of hydrogen-bond acceptors (Lipinski definition) is 5. The minimum Gasteiger partial charge on any atom is -0.328 e. The molecule has 3 aromatic rings. The number of fused-ring (bicyclic) bond motifs is 1. The molecule has 0 saturated carbocycles. The first-order valence-corrected chi connectivity index (χ1v) is 6.93. The fraction of sp³-hybridized carbons (Fsp3) is 0.250. The van der Waals surface area contributed by atoms with Crippen LogP contribution in [0.5, 0.6) is 0 Å². The van der Waals surface area contributed by atoms with Gasteiger partial charge in [-0.3, -0.25) is 9.97 Å². The van der Waals surface area contributed by atoms with Gasteiger partial charge in [0.25, 0.3) is 0 Å². The zero-order chi connectivity index (χ0) is 14.8. The first-order chi connectivity index (χ1) is 10.1. The van der Waals surface area contributed by atoms with Gasteiger partial charge in [0.15, 0.2) is 5.82 Å². The zero-order valence-electron chi connectivity index (χ0n) is 12.1. The first-order valence-electron chi connectivity index (χ1n) is 6.93. The van der Waals surface area contributed by atoms with Gasteiger partial charge in [-0.2, -0.15) is 0 Å². The lowest BCUT2D eigenvalue weighted by molar-refractivity contribution is 0.719. The predicted molar refractivity (Wildman–Crippen MR) is 82.7 cm³/mol. The number of aromatic nitrogens is 4. The molecule has 1 atom stereocenters. The fourth-order valence-corrected chi connectivity index (χ4v) is 2.30. The summed E-state index contributed by atoms with van der Waals surface area (Å²) < 4.78 is 0. The number of nitrogens with two attached hydrogens (primary N) is 1. The topological polar surface area (TPSA) is 77.6 Å². The van der Waals surface area contributed by atoms with Crippen LogP contribution in [-0.2, 0) is 6.42 Å². The van der Waals surface area contributed by atoms with Crippen LogP contribution in [0.25, 0.3) is 22.4 Å². The van der Waals surface area contributed by atoms with Crippen molar-refractivity contribution < 1.29 is 0 Å². The van der Waals surface area contributed by atoms with Crippen LogP contribution in [0.2, 0.25) is 0 Å². The quantitative estimate of drug-likeness (QED) is 0.796. The minimum absolute atomic E-state index is 0.0784. The van der Waals surface area contributed by atoms with Crippen molar-refractivity contribution in [2.24, 2.45) is 5.73 Å². The van der Waals surface area contributed by atoms with E-state index in [4.69, 9.17) is 5.73 Å². The van der Waals surface area contributed by atoms with E-state index in [2.05, 4.69) is 19.9 Å². The van der Waals surface area contributed by atoms with E-state index < -0.39 is 0 Å². The summed E-state index contributed by atoms with van der Waals surface area (Å²) in [6, 6.07) is 7.94. The Balaban J connectivity index is 2.06. The molecule has 2 aromatic heterocycles. The normalized spacial score (nSPS) is 12.5. The maximum atomic E-state index is 5.86. The maximum absolute atomic E-state index is 5.86. The standard InChI is InChI=1S/C16H17N5/c1-10(17)7-13-8-11(2)20-16(21-13)12-3-4-14-15(9-12)19-6-5-18-14/h3-6,8-10H,7,17H2,1-2H3. The van der Waals surface area contributed by atoms with Crippen molar-refractivity contribution >= 4 is 11.0 Å². The van der Waals surface area contributed by atoms with Gasteiger partial charge in [0.05, 0.1) is 11.0 Å². The lowest BCUT2D eigenvalue weighted by Gasteiger charge is -2.08. The Hall–Kier alpha value is -2.40. The Bertz CT molecular complexity index is 782. The van der Waals surface area contributed by atoms with Gasteiger partial charge in [-0.05, 0) is 38.1 Å². The van der Waals surface area contributed by atoms with Gasteiger partial charge in [-0.1, -0.05) is 0 Å². The molecular weight excluding hydrogens is 262 g/mol. The highest BCUT2D eigenvalue weighted by atomic mass is 14.9. The third-order valence-corrected chi connectivity index (χ3v) is 3.17.